The largest absolute Gasteiger partial charge is 0.359 e. The van der Waals surface area contributed by atoms with Gasteiger partial charge in [-0.15, -0.1) is 0 Å². The fourth-order valence-corrected chi connectivity index (χ4v) is 2.68. The first-order valence-corrected chi connectivity index (χ1v) is 6.50. The molecule has 1 unspecified atom stereocenters. The molecule has 1 aromatic rings. The number of halogens is 1. The fraction of sp³-hybridized carbons (Fsp3) is 0.500. The van der Waals surface area contributed by atoms with Gasteiger partial charge in [0.15, 0.2) is 0 Å². The van der Waals surface area contributed by atoms with Crippen molar-refractivity contribution in [3.05, 3.63) is 33.3 Å². The summed E-state index contributed by atoms with van der Waals surface area (Å²) in [7, 11) is 2.02. The lowest BCUT2D eigenvalue weighted by molar-refractivity contribution is -0.384. The van der Waals surface area contributed by atoms with Crippen LogP contribution in [0.1, 0.15) is 0 Å². The standard InChI is InChI=1S/C12H17ClN4O2/c1-15-5-6-16(9(7-14)8-15)11-4-2-3-10(13)12(11)17(18)19/h2-4,9H,5-8,14H2,1H3. The Kier molecular flexibility index (Phi) is 4.24. The molecule has 1 aliphatic rings. The Balaban J connectivity index is 2.40. The lowest BCUT2D eigenvalue weighted by atomic mass is 10.1. The topological polar surface area (TPSA) is 75.6 Å². The number of piperazine rings is 1. The maximum absolute atomic E-state index is 11.2. The summed E-state index contributed by atoms with van der Waals surface area (Å²) in [4.78, 5) is 14.9. The molecule has 0 radical (unpaired) electrons. The summed E-state index contributed by atoms with van der Waals surface area (Å²) in [5, 5.41) is 11.4. The molecule has 1 heterocycles. The van der Waals surface area contributed by atoms with Crippen molar-refractivity contribution in [1.29, 1.82) is 0 Å². The Bertz CT molecular complexity index is 483. The van der Waals surface area contributed by atoms with Gasteiger partial charge in [0.25, 0.3) is 0 Å². The maximum atomic E-state index is 11.2. The Labute approximate surface area is 116 Å². The third-order valence-electron chi connectivity index (χ3n) is 3.42. The van der Waals surface area contributed by atoms with Crippen molar-refractivity contribution < 1.29 is 4.92 Å². The van der Waals surface area contributed by atoms with E-state index < -0.39 is 4.92 Å². The molecule has 104 valence electrons. The van der Waals surface area contributed by atoms with Crippen molar-refractivity contribution in [2.45, 2.75) is 6.04 Å². The van der Waals surface area contributed by atoms with Gasteiger partial charge >= 0.3 is 5.69 Å². The van der Waals surface area contributed by atoms with Crippen LogP contribution in [0.4, 0.5) is 11.4 Å². The second kappa shape index (κ2) is 5.73. The van der Waals surface area contributed by atoms with E-state index in [0.717, 1.165) is 13.1 Å². The molecule has 1 atom stereocenters. The van der Waals surface area contributed by atoms with E-state index in [1.54, 1.807) is 12.1 Å². The molecular weight excluding hydrogens is 268 g/mol. The van der Waals surface area contributed by atoms with Gasteiger partial charge in [0.2, 0.25) is 0 Å². The Hall–Kier alpha value is -1.37. The second-order valence-electron chi connectivity index (χ2n) is 4.71. The Morgan fingerprint density at radius 2 is 2.26 bits per heavy atom. The zero-order valence-electron chi connectivity index (χ0n) is 10.8. The monoisotopic (exact) mass is 284 g/mol. The van der Waals surface area contributed by atoms with Gasteiger partial charge in [0, 0.05) is 26.2 Å². The first-order valence-electron chi connectivity index (χ1n) is 6.12. The molecule has 0 saturated carbocycles. The third-order valence-corrected chi connectivity index (χ3v) is 3.72. The molecule has 2 rings (SSSR count). The van der Waals surface area contributed by atoms with Crippen molar-refractivity contribution >= 4 is 23.0 Å². The first kappa shape index (κ1) is 14.0. The molecule has 0 aromatic heterocycles. The van der Waals surface area contributed by atoms with E-state index in [0.29, 0.717) is 18.8 Å². The summed E-state index contributed by atoms with van der Waals surface area (Å²) in [6, 6.07) is 5.07. The highest BCUT2D eigenvalue weighted by atomic mass is 35.5. The SMILES string of the molecule is CN1CCN(c2cccc(Cl)c2[N+](=O)[O-])C(CN)C1. The predicted octanol–water partition coefficient (Wildman–Crippen LogP) is 1.33. The summed E-state index contributed by atoms with van der Waals surface area (Å²) < 4.78 is 0. The highest BCUT2D eigenvalue weighted by Gasteiger charge is 2.30. The van der Waals surface area contributed by atoms with Gasteiger partial charge in [0.1, 0.15) is 10.7 Å². The van der Waals surface area contributed by atoms with Crippen LogP contribution in [-0.2, 0) is 0 Å². The van der Waals surface area contributed by atoms with Crippen molar-refractivity contribution in [3.8, 4) is 0 Å². The molecule has 0 amide bonds. The molecular formula is C12H17ClN4O2. The number of benzene rings is 1. The zero-order chi connectivity index (χ0) is 14.0. The quantitative estimate of drug-likeness (QED) is 0.669. The average Bonchev–Trinajstić information content (AvgIpc) is 2.37. The fourth-order valence-electron chi connectivity index (χ4n) is 2.45. The molecule has 0 bridgehead atoms. The van der Waals surface area contributed by atoms with Crippen LogP contribution in [0.15, 0.2) is 18.2 Å². The van der Waals surface area contributed by atoms with E-state index in [1.807, 2.05) is 11.9 Å². The van der Waals surface area contributed by atoms with Gasteiger partial charge in [-0.1, -0.05) is 17.7 Å². The number of nitro groups is 1. The minimum atomic E-state index is -0.427. The summed E-state index contributed by atoms with van der Waals surface area (Å²) >= 11 is 5.95. The van der Waals surface area contributed by atoms with Crippen molar-refractivity contribution in [1.82, 2.24) is 4.90 Å². The average molecular weight is 285 g/mol. The van der Waals surface area contributed by atoms with Crippen LogP contribution in [0.3, 0.4) is 0 Å². The third kappa shape index (κ3) is 2.80. The van der Waals surface area contributed by atoms with Crippen LogP contribution >= 0.6 is 11.6 Å². The molecule has 1 fully saturated rings. The molecule has 1 aliphatic heterocycles. The van der Waals surface area contributed by atoms with Gasteiger partial charge < -0.3 is 15.5 Å². The number of hydrogen-bond acceptors (Lipinski definition) is 5. The number of anilines is 1. The Morgan fingerprint density at radius 3 is 2.89 bits per heavy atom. The van der Waals surface area contributed by atoms with Crippen LogP contribution in [-0.4, -0.2) is 49.1 Å². The highest BCUT2D eigenvalue weighted by molar-refractivity contribution is 6.33. The molecule has 0 aliphatic carbocycles. The lowest BCUT2D eigenvalue weighted by Crippen LogP contribution is -2.55. The number of hydrogen-bond donors (Lipinski definition) is 1. The van der Waals surface area contributed by atoms with E-state index in [2.05, 4.69) is 4.90 Å². The minimum Gasteiger partial charge on any atom is -0.359 e. The van der Waals surface area contributed by atoms with Gasteiger partial charge in [-0.2, -0.15) is 0 Å². The minimum absolute atomic E-state index is 0.0350. The lowest BCUT2D eigenvalue weighted by Gasteiger charge is -2.40. The molecule has 1 saturated heterocycles. The van der Waals surface area contributed by atoms with Crippen LogP contribution in [0.2, 0.25) is 5.02 Å². The number of nitrogens with zero attached hydrogens (tertiary/aromatic N) is 3. The summed E-state index contributed by atoms with van der Waals surface area (Å²) in [5.74, 6) is 0. The molecule has 7 heteroatoms. The zero-order valence-corrected chi connectivity index (χ0v) is 11.5. The maximum Gasteiger partial charge on any atom is 0.310 e. The molecule has 6 nitrogen and oxygen atoms in total. The normalized spacial score (nSPS) is 20.6. The van der Waals surface area contributed by atoms with E-state index in [4.69, 9.17) is 17.3 Å². The highest BCUT2D eigenvalue weighted by Crippen LogP contribution is 2.36. The summed E-state index contributed by atoms with van der Waals surface area (Å²) in [6.07, 6.45) is 0. The molecule has 0 spiro atoms. The van der Waals surface area contributed by atoms with Crippen molar-refractivity contribution in [2.75, 3.05) is 38.1 Å². The van der Waals surface area contributed by atoms with Crippen molar-refractivity contribution in [2.24, 2.45) is 5.73 Å². The summed E-state index contributed by atoms with van der Waals surface area (Å²) in [6.45, 7) is 2.80. The van der Waals surface area contributed by atoms with Crippen LogP contribution in [0.25, 0.3) is 0 Å². The number of rotatable bonds is 3. The molecule has 1 aromatic carbocycles. The van der Waals surface area contributed by atoms with Gasteiger partial charge in [-0.25, -0.2) is 0 Å². The second-order valence-corrected chi connectivity index (χ2v) is 5.12. The van der Waals surface area contributed by atoms with E-state index >= 15 is 0 Å². The predicted molar refractivity (Wildman–Crippen MR) is 75.8 cm³/mol. The van der Waals surface area contributed by atoms with Crippen LogP contribution in [0.5, 0.6) is 0 Å². The number of nitro benzene ring substituents is 1. The van der Waals surface area contributed by atoms with Crippen LogP contribution < -0.4 is 10.6 Å². The molecule has 2 N–H and O–H groups in total. The van der Waals surface area contributed by atoms with Gasteiger partial charge in [-0.3, -0.25) is 10.1 Å². The molecule has 19 heavy (non-hydrogen) atoms. The smallest absolute Gasteiger partial charge is 0.310 e. The van der Waals surface area contributed by atoms with Gasteiger partial charge in [-0.05, 0) is 19.2 Å². The Morgan fingerprint density at radius 1 is 1.53 bits per heavy atom. The number of likely N-dealkylation sites (N-methyl/N-ethyl adjacent to an activating group) is 1. The van der Waals surface area contributed by atoms with Gasteiger partial charge in [0.05, 0.1) is 11.0 Å². The number of para-hydroxylation sites is 1. The van der Waals surface area contributed by atoms with E-state index in [-0.39, 0.29) is 16.8 Å². The summed E-state index contributed by atoms with van der Waals surface area (Å²) in [5.41, 5.74) is 6.31. The first-order chi connectivity index (χ1) is 9.04. The van der Waals surface area contributed by atoms with E-state index in [1.165, 1.54) is 6.07 Å². The van der Waals surface area contributed by atoms with Crippen molar-refractivity contribution in [3.63, 3.8) is 0 Å². The van der Waals surface area contributed by atoms with Crippen LogP contribution in [0, 0.1) is 10.1 Å². The van der Waals surface area contributed by atoms with E-state index in [9.17, 15) is 10.1 Å². The number of nitrogens with two attached hydrogens (primary N) is 1.